The van der Waals surface area contributed by atoms with Crippen molar-refractivity contribution in [3.8, 4) is 5.75 Å². The number of carbonyl (C=O) groups is 2. The van der Waals surface area contributed by atoms with Crippen LogP contribution in [0.25, 0.3) is 0 Å². The quantitative estimate of drug-likeness (QED) is 0.162. The van der Waals surface area contributed by atoms with Gasteiger partial charge in [0.2, 0.25) is 34.8 Å². The van der Waals surface area contributed by atoms with Crippen molar-refractivity contribution < 1.29 is 36.3 Å². The maximum Gasteiger partial charge on any atom is 0.336 e. The van der Waals surface area contributed by atoms with Gasteiger partial charge in [0, 0.05) is 11.6 Å². The zero-order valence-corrected chi connectivity index (χ0v) is 11.7. The summed E-state index contributed by atoms with van der Waals surface area (Å²) in [6, 6.07) is 7.67. The minimum atomic E-state index is -2.38. The van der Waals surface area contributed by atoms with Crippen LogP contribution in [-0.4, -0.2) is 11.8 Å². The van der Waals surface area contributed by atoms with Crippen molar-refractivity contribution >= 4 is 11.8 Å². The van der Waals surface area contributed by atoms with Gasteiger partial charge in [0.05, 0.1) is 0 Å². The second kappa shape index (κ2) is 7.03. The van der Waals surface area contributed by atoms with E-state index in [0.717, 1.165) is 6.08 Å². The van der Waals surface area contributed by atoms with Crippen molar-refractivity contribution in [3.63, 3.8) is 0 Å². The number of ether oxygens (including phenoxy) is 1. The number of carbonyl (C=O) groups excluding carboxylic acids is 2. The van der Waals surface area contributed by atoms with Crippen molar-refractivity contribution in [3.05, 3.63) is 77.1 Å². The van der Waals surface area contributed by atoms with E-state index in [9.17, 15) is 31.5 Å². The number of rotatable bonds is 4. The second-order valence-electron chi connectivity index (χ2n) is 4.38. The number of hydrogen-bond donors (Lipinski definition) is 0. The van der Waals surface area contributed by atoms with Crippen LogP contribution in [0.3, 0.4) is 0 Å². The zero-order chi connectivity index (χ0) is 17.9. The fourth-order valence-electron chi connectivity index (χ4n) is 1.65. The molecule has 0 atom stereocenters. The highest BCUT2D eigenvalue weighted by molar-refractivity contribution is 6.07. The molecule has 0 heterocycles. The molecule has 0 radical (unpaired) electrons. The van der Waals surface area contributed by atoms with Crippen LogP contribution in [0.2, 0.25) is 0 Å². The highest BCUT2D eigenvalue weighted by Crippen LogP contribution is 2.29. The number of allylic oxidation sites excluding steroid dienone is 1. The highest BCUT2D eigenvalue weighted by Gasteiger charge is 2.28. The van der Waals surface area contributed by atoms with E-state index < -0.39 is 46.6 Å². The normalized spacial score (nSPS) is 10.9. The van der Waals surface area contributed by atoms with Crippen LogP contribution in [0.1, 0.15) is 10.4 Å². The first-order chi connectivity index (χ1) is 11.3. The molecule has 2 aromatic carbocycles. The molecule has 24 heavy (non-hydrogen) atoms. The van der Waals surface area contributed by atoms with E-state index >= 15 is 0 Å². The fourth-order valence-corrected chi connectivity index (χ4v) is 1.65. The third kappa shape index (κ3) is 3.48. The molecule has 0 spiro atoms. The van der Waals surface area contributed by atoms with Crippen molar-refractivity contribution in [1.82, 2.24) is 0 Å². The molecule has 0 N–H and O–H groups in total. The summed E-state index contributed by atoms with van der Waals surface area (Å²) < 4.78 is 69.6. The summed E-state index contributed by atoms with van der Waals surface area (Å²) in [5.74, 6) is -15.3. The minimum Gasteiger partial charge on any atom is -0.417 e. The van der Waals surface area contributed by atoms with Gasteiger partial charge in [0.1, 0.15) is 0 Å². The van der Waals surface area contributed by atoms with Gasteiger partial charge in [-0.25, -0.2) is 18.0 Å². The number of ketones is 1. The van der Waals surface area contributed by atoms with Crippen LogP contribution in [0.4, 0.5) is 22.0 Å². The number of benzene rings is 2. The van der Waals surface area contributed by atoms with Gasteiger partial charge in [-0.15, -0.1) is 0 Å². The Morgan fingerprint density at radius 3 is 1.79 bits per heavy atom. The smallest absolute Gasteiger partial charge is 0.336 e. The molecular weight excluding hydrogens is 335 g/mol. The van der Waals surface area contributed by atoms with Crippen LogP contribution in [-0.2, 0) is 4.79 Å². The Balaban J connectivity index is 2.19. The summed E-state index contributed by atoms with van der Waals surface area (Å²) in [4.78, 5) is 23.1. The third-order valence-corrected chi connectivity index (χ3v) is 2.80. The van der Waals surface area contributed by atoms with Gasteiger partial charge in [-0.2, -0.15) is 8.78 Å². The van der Waals surface area contributed by atoms with Gasteiger partial charge in [0.25, 0.3) is 0 Å². The molecule has 124 valence electrons. The van der Waals surface area contributed by atoms with Gasteiger partial charge in [0.15, 0.2) is 5.78 Å². The average molecular weight is 342 g/mol. The lowest BCUT2D eigenvalue weighted by Crippen LogP contribution is -2.11. The summed E-state index contributed by atoms with van der Waals surface area (Å²) in [6.45, 7) is 0. The van der Waals surface area contributed by atoms with Crippen LogP contribution in [0.15, 0.2) is 42.5 Å². The molecule has 0 bridgehead atoms. The molecule has 0 saturated heterocycles. The predicted octanol–water partition coefficient (Wildman–Crippen LogP) is 3.73. The number of esters is 1. The van der Waals surface area contributed by atoms with E-state index in [1.165, 1.54) is 12.1 Å². The fraction of sp³-hybridized carbons (Fsp3) is 0. The topological polar surface area (TPSA) is 43.4 Å². The Bertz CT molecular complexity index is 802. The lowest BCUT2D eigenvalue weighted by atomic mass is 10.1. The minimum absolute atomic E-state index is 0.220. The van der Waals surface area contributed by atoms with Crippen LogP contribution < -0.4 is 4.74 Å². The molecule has 0 aromatic heterocycles. The largest absolute Gasteiger partial charge is 0.417 e. The number of halogens is 5. The monoisotopic (exact) mass is 342 g/mol. The number of hydrogen-bond acceptors (Lipinski definition) is 3. The van der Waals surface area contributed by atoms with Crippen molar-refractivity contribution in [2.75, 3.05) is 0 Å². The second-order valence-corrected chi connectivity index (χ2v) is 4.38. The highest BCUT2D eigenvalue weighted by atomic mass is 19.2. The van der Waals surface area contributed by atoms with Crippen LogP contribution in [0, 0.1) is 29.1 Å². The van der Waals surface area contributed by atoms with Gasteiger partial charge in [-0.1, -0.05) is 30.3 Å². The Labute approximate surface area is 132 Å². The summed E-state index contributed by atoms with van der Waals surface area (Å²) in [5.41, 5.74) is 0.220. The average Bonchev–Trinajstić information content (AvgIpc) is 2.60. The SMILES string of the molecule is O=C(/C=C/C(=O)c1ccccc1)Oc1c(F)c(F)c(F)c(F)c1F. The standard InChI is InChI=1S/C16H7F5O3/c17-11-12(18)14(20)16(15(21)13(11)19)24-10(23)7-6-9(22)8-4-2-1-3-5-8/h1-7H/b7-6+. The molecule has 3 nitrogen and oxygen atoms in total. The van der Waals surface area contributed by atoms with E-state index in [0.29, 0.717) is 6.08 Å². The lowest BCUT2D eigenvalue weighted by Gasteiger charge is -2.07. The first-order valence-electron chi connectivity index (χ1n) is 6.33. The van der Waals surface area contributed by atoms with Gasteiger partial charge < -0.3 is 4.74 Å². The van der Waals surface area contributed by atoms with E-state index in [1.54, 1.807) is 18.2 Å². The third-order valence-electron chi connectivity index (χ3n) is 2.80. The molecule has 0 fully saturated rings. The maximum absolute atomic E-state index is 13.3. The van der Waals surface area contributed by atoms with Crippen LogP contribution in [0.5, 0.6) is 5.75 Å². The zero-order valence-electron chi connectivity index (χ0n) is 11.7. The molecule has 0 unspecified atom stereocenters. The lowest BCUT2D eigenvalue weighted by molar-refractivity contribution is -0.129. The Hall–Kier alpha value is -3.03. The molecule has 0 aliphatic carbocycles. The summed E-state index contributed by atoms with van der Waals surface area (Å²) in [7, 11) is 0. The van der Waals surface area contributed by atoms with E-state index in [1.807, 2.05) is 0 Å². The molecule has 0 saturated carbocycles. The first kappa shape index (κ1) is 17.3. The molecule has 8 heteroatoms. The first-order valence-corrected chi connectivity index (χ1v) is 6.33. The molecular formula is C16H7F5O3. The molecule has 2 rings (SSSR count). The maximum atomic E-state index is 13.3. The summed E-state index contributed by atoms with van der Waals surface area (Å²) in [6.07, 6.45) is 1.25. The molecule has 0 aliphatic rings. The summed E-state index contributed by atoms with van der Waals surface area (Å²) in [5, 5.41) is 0. The molecule has 2 aromatic rings. The van der Waals surface area contributed by atoms with Crippen molar-refractivity contribution in [2.24, 2.45) is 0 Å². The Morgan fingerprint density at radius 1 is 0.750 bits per heavy atom. The van der Waals surface area contributed by atoms with Crippen molar-refractivity contribution in [1.29, 1.82) is 0 Å². The molecule has 0 aliphatic heterocycles. The van der Waals surface area contributed by atoms with Gasteiger partial charge in [-0.05, 0) is 6.08 Å². The Kier molecular flexibility index (Phi) is 5.08. The van der Waals surface area contributed by atoms with Crippen molar-refractivity contribution in [2.45, 2.75) is 0 Å². The van der Waals surface area contributed by atoms with Gasteiger partial charge >= 0.3 is 5.97 Å². The molecule has 0 amide bonds. The van der Waals surface area contributed by atoms with E-state index in [2.05, 4.69) is 4.74 Å². The van der Waals surface area contributed by atoms with Gasteiger partial charge in [-0.3, -0.25) is 4.79 Å². The Morgan fingerprint density at radius 2 is 1.25 bits per heavy atom. The van der Waals surface area contributed by atoms with E-state index in [-0.39, 0.29) is 5.56 Å². The van der Waals surface area contributed by atoms with Crippen LogP contribution >= 0.6 is 0 Å². The summed E-state index contributed by atoms with van der Waals surface area (Å²) >= 11 is 0. The predicted molar refractivity (Wildman–Crippen MR) is 71.8 cm³/mol. The van der Waals surface area contributed by atoms with E-state index in [4.69, 9.17) is 0 Å².